The third-order valence-electron chi connectivity index (χ3n) is 3.09. The maximum Gasteiger partial charge on any atom is 0.271 e. The summed E-state index contributed by atoms with van der Waals surface area (Å²) in [6.45, 7) is 1.67. The van der Waals surface area contributed by atoms with Gasteiger partial charge in [0, 0.05) is 13.2 Å². The van der Waals surface area contributed by atoms with Gasteiger partial charge in [0.05, 0.1) is 5.02 Å². The molecule has 0 saturated carbocycles. The summed E-state index contributed by atoms with van der Waals surface area (Å²) in [7, 11) is 1.69. The Morgan fingerprint density at radius 2 is 2.21 bits per heavy atom. The average Bonchev–Trinajstić information content (AvgIpc) is 2.66. The summed E-state index contributed by atoms with van der Waals surface area (Å²) >= 11 is 5.84. The minimum absolute atomic E-state index is 0.119. The maximum absolute atomic E-state index is 12.4. The first kappa shape index (κ1) is 13.6. The number of nitrogens with zero attached hydrogens (tertiary/aromatic N) is 2. The van der Waals surface area contributed by atoms with Gasteiger partial charge in [-0.25, -0.2) is 0 Å². The molecule has 1 N–H and O–H groups in total. The van der Waals surface area contributed by atoms with E-state index in [-0.39, 0.29) is 12.5 Å². The summed E-state index contributed by atoms with van der Waals surface area (Å²) in [6.07, 6.45) is 2.05. The highest BCUT2D eigenvalue weighted by Crippen LogP contribution is 2.18. The molecular formula is C12H14ClN3O3. The van der Waals surface area contributed by atoms with Gasteiger partial charge < -0.3 is 9.47 Å². The van der Waals surface area contributed by atoms with Crippen LogP contribution >= 0.6 is 11.6 Å². The van der Waals surface area contributed by atoms with E-state index in [2.05, 4.69) is 5.32 Å². The van der Waals surface area contributed by atoms with Gasteiger partial charge in [-0.05, 0) is 12.5 Å². The van der Waals surface area contributed by atoms with Crippen molar-refractivity contribution in [3.63, 3.8) is 0 Å². The van der Waals surface area contributed by atoms with Crippen molar-refractivity contribution in [3.8, 4) is 0 Å². The molecule has 3 amide bonds. The van der Waals surface area contributed by atoms with Crippen molar-refractivity contribution in [2.45, 2.75) is 19.4 Å². The van der Waals surface area contributed by atoms with Crippen LogP contribution in [0, 0.1) is 0 Å². The first-order valence-corrected chi connectivity index (χ1v) is 6.28. The highest BCUT2D eigenvalue weighted by molar-refractivity contribution is 6.31. The Kier molecular flexibility index (Phi) is 3.61. The molecule has 1 aromatic heterocycles. The summed E-state index contributed by atoms with van der Waals surface area (Å²) in [4.78, 5) is 36.8. The molecule has 0 bridgehead atoms. The summed E-state index contributed by atoms with van der Waals surface area (Å²) in [6, 6.07) is 0.895. The molecule has 1 aliphatic heterocycles. The molecule has 1 aromatic rings. The van der Waals surface area contributed by atoms with Gasteiger partial charge in [-0.2, -0.15) is 0 Å². The molecule has 0 aromatic carbocycles. The van der Waals surface area contributed by atoms with E-state index in [1.807, 2.05) is 0 Å². The predicted molar refractivity (Wildman–Crippen MR) is 68.7 cm³/mol. The monoisotopic (exact) mass is 283 g/mol. The SMILES string of the molecule is CCC1C(=O)NC(=O)CN1C(=O)c1cc(Cl)cn1C. The molecule has 1 aliphatic rings. The summed E-state index contributed by atoms with van der Waals surface area (Å²) in [5.74, 6) is -1.28. The van der Waals surface area contributed by atoms with Crippen LogP contribution in [-0.4, -0.2) is 39.8 Å². The quantitative estimate of drug-likeness (QED) is 0.806. The Balaban J connectivity index is 2.32. The first-order chi connectivity index (χ1) is 8.93. The van der Waals surface area contributed by atoms with Gasteiger partial charge in [-0.3, -0.25) is 19.7 Å². The van der Waals surface area contributed by atoms with Gasteiger partial charge in [0.2, 0.25) is 11.8 Å². The molecule has 19 heavy (non-hydrogen) atoms. The molecule has 2 heterocycles. The Morgan fingerprint density at radius 3 is 2.74 bits per heavy atom. The fraction of sp³-hybridized carbons (Fsp3) is 0.417. The molecular weight excluding hydrogens is 270 g/mol. The molecule has 2 rings (SSSR count). The van der Waals surface area contributed by atoms with Crippen molar-refractivity contribution < 1.29 is 14.4 Å². The van der Waals surface area contributed by atoms with Crippen LogP contribution in [0.2, 0.25) is 5.02 Å². The van der Waals surface area contributed by atoms with Gasteiger partial charge in [-0.1, -0.05) is 18.5 Å². The van der Waals surface area contributed by atoms with E-state index in [0.717, 1.165) is 0 Å². The standard InChI is InChI=1S/C12H14ClN3O3/c1-3-8-11(18)14-10(17)6-16(8)12(19)9-4-7(13)5-15(9)2/h4-5,8H,3,6H2,1-2H3,(H,14,17,18). The minimum atomic E-state index is -0.626. The van der Waals surface area contributed by atoms with Crippen LogP contribution in [-0.2, 0) is 16.6 Å². The molecule has 0 aliphatic carbocycles. The van der Waals surface area contributed by atoms with Crippen molar-refractivity contribution in [1.82, 2.24) is 14.8 Å². The Bertz CT molecular complexity index is 552. The molecule has 7 heteroatoms. The number of rotatable bonds is 2. The van der Waals surface area contributed by atoms with Crippen LogP contribution in [0.3, 0.4) is 0 Å². The van der Waals surface area contributed by atoms with E-state index in [4.69, 9.17) is 11.6 Å². The second-order valence-corrected chi connectivity index (χ2v) is 4.86. The fourth-order valence-electron chi connectivity index (χ4n) is 2.17. The number of carbonyl (C=O) groups excluding carboxylic acids is 3. The Hall–Kier alpha value is -1.82. The average molecular weight is 284 g/mol. The number of halogens is 1. The lowest BCUT2D eigenvalue weighted by molar-refractivity contribution is -0.138. The van der Waals surface area contributed by atoms with Crippen molar-refractivity contribution in [2.75, 3.05) is 6.54 Å². The first-order valence-electron chi connectivity index (χ1n) is 5.90. The predicted octanol–water partition coefficient (Wildman–Crippen LogP) is 0.556. The van der Waals surface area contributed by atoms with Crippen molar-refractivity contribution >= 4 is 29.3 Å². The van der Waals surface area contributed by atoms with Gasteiger partial charge >= 0.3 is 0 Å². The lowest BCUT2D eigenvalue weighted by Crippen LogP contribution is -2.59. The maximum atomic E-state index is 12.4. The van der Waals surface area contributed by atoms with Crippen LogP contribution in [0.4, 0.5) is 0 Å². The number of hydrogen-bond acceptors (Lipinski definition) is 3. The second kappa shape index (κ2) is 5.05. The third kappa shape index (κ3) is 2.49. The smallest absolute Gasteiger partial charge is 0.271 e. The van der Waals surface area contributed by atoms with E-state index in [0.29, 0.717) is 17.1 Å². The number of hydrogen-bond donors (Lipinski definition) is 1. The number of carbonyl (C=O) groups is 3. The number of aromatic nitrogens is 1. The molecule has 0 radical (unpaired) electrons. The van der Waals surface area contributed by atoms with Crippen LogP contribution in [0.1, 0.15) is 23.8 Å². The van der Waals surface area contributed by atoms with Crippen LogP contribution in [0.25, 0.3) is 0 Å². The van der Waals surface area contributed by atoms with E-state index >= 15 is 0 Å². The Morgan fingerprint density at radius 1 is 1.53 bits per heavy atom. The molecule has 1 atom stereocenters. The topological polar surface area (TPSA) is 71.4 Å². The van der Waals surface area contributed by atoms with E-state index in [1.54, 1.807) is 24.7 Å². The molecule has 6 nitrogen and oxygen atoms in total. The van der Waals surface area contributed by atoms with Gasteiger partial charge in [-0.15, -0.1) is 0 Å². The summed E-state index contributed by atoms with van der Waals surface area (Å²) in [5.41, 5.74) is 0.353. The third-order valence-corrected chi connectivity index (χ3v) is 3.30. The Labute approximate surface area is 115 Å². The van der Waals surface area contributed by atoms with Crippen molar-refractivity contribution in [3.05, 3.63) is 23.0 Å². The van der Waals surface area contributed by atoms with Crippen molar-refractivity contribution in [1.29, 1.82) is 0 Å². The highest BCUT2D eigenvalue weighted by atomic mass is 35.5. The van der Waals surface area contributed by atoms with Crippen LogP contribution in [0.15, 0.2) is 12.3 Å². The number of imide groups is 1. The largest absolute Gasteiger partial charge is 0.345 e. The number of piperazine rings is 1. The van der Waals surface area contributed by atoms with Gasteiger partial charge in [0.25, 0.3) is 5.91 Å². The lowest BCUT2D eigenvalue weighted by atomic mass is 10.1. The molecule has 1 unspecified atom stereocenters. The summed E-state index contributed by atoms with van der Waals surface area (Å²) < 4.78 is 1.58. The number of nitrogens with one attached hydrogen (secondary N) is 1. The zero-order valence-corrected chi connectivity index (χ0v) is 11.4. The van der Waals surface area contributed by atoms with Crippen LogP contribution in [0.5, 0.6) is 0 Å². The molecule has 102 valence electrons. The fourth-order valence-corrected chi connectivity index (χ4v) is 2.42. The molecule has 1 saturated heterocycles. The number of aryl methyl sites for hydroxylation is 1. The zero-order valence-electron chi connectivity index (χ0n) is 10.6. The van der Waals surface area contributed by atoms with E-state index in [9.17, 15) is 14.4 Å². The van der Waals surface area contributed by atoms with Gasteiger partial charge in [0.1, 0.15) is 18.3 Å². The summed E-state index contributed by atoms with van der Waals surface area (Å²) in [5, 5.41) is 2.67. The normalized spacial score (nSPS) is 19.5. The highest BCUT2D eigenvalue weighted by Gasteiger charge is 2.36. The minimum Gasteiger partial charge on any atom is -0.345 e. The zero-order chi connectivity index (χ0) is 14.2. The van der Waals surface area contributed by atoms with E-state index in [1.165, 1.54) is 11.0 Å². The van der Waals surface area contributed by atoms with E-state index < -0.39 is 17.9 Å². The molecule has 0 spiro atoms. The molecule has 1 fully saturated rings. The van der Waals surface area contributed by atoms with Gasteiger partial charge in [0.15, 0.2) is 0 Å². The lowest BCUT2D eigenvalue weighted by Gasteiger charge is -2.33. The second-order valence-electron chi connectivity index (χ2n) is 4.42. The van der Waals surface area contributed by atoms with Crippen LogP contribution < -0.4 is 5.32 Å². The van der Waals surface area contributed by atoms with Crippen molar-refractivity contribution in [2.24, 2.45) is 7.05 Å². The number of amides is 3.